The molecule has 0 aliphatic carbocycles. The molecular formula is C20H22N2O3S. The second-order valence-corrected chi connectivity index (χ2v) is 6.68. The number of carbonyl (C=O) groups is 2. The van der Waals surface area contributed by atoms with Crippen LogP contribution in [-0.2, 0) is 0 Å². The van der Waals surface area contributed by atoms with Crippen molar-refractivity contribution in [2.24, 2.45) is 5.92 Å². The van der Waals surface area contributed by atoms with Crippen LogP contribution in [0.15, 0.2) is 48.5 Å². The van der Waals surface area contributed by atoms with Crippen LogP contribution < -0.4 is 15.4 Å². The first-order chi connectivity index (χ1) is 12.3. The Morgan fingerprint density at radius 3 is 2.12 bits per heavy atom. The van der Waals surface area contributed by atoms with Crippen LogP contribution in [0.25, 0.3) is 0 Å². The van der Waals surface area contributed by atoms with Crippen LogP contribution in [0.5, 0.6) is 5.75 Å². The Bertz CT molecular complexity index is 784. The molecule has 0 aliphatic rings. The summed E-state index contributed by atoms with van der Waals surface area (Å²) in [5.74, 6) is 0.846. The van der Waals surface area contributed by atoms with Gasteiger partial charge in [-0.1, -0.05) is 13.8 Å². The standard InChI is InChI=1S/C20H22N2O3S/c1-13(2)12-25-18-10-6-16(7-11-18)19(24)22-20(26)21-17-8-4-15(5-9-17)14(3)23/h4-11,13H,12H2,1-3H3,(H2,21,22,24,26). The first-order valence-electron chi connectivity index (χ1n) is 8.31. The van der Waals surface area contributed by atoms with Crippen LogP contribution in [0.1, 0.15) is 41.5 Å². The van der Waals surface area contributed by atoms with Crippen LogP contribution in [-0.4, -0.2) is 23.4 Å². The molecule has 2 aromatic rings. The summed E-state index contributed by atoms with van der Waals surface area (Å²) in [5, 5.41) is 5.73. The third kappa shape index (κ3) is 5.97. The average Bonchev–Trinajstić information content (AvgIpc) is 2.60. The average molecular weight is 370 g/mol. The van der Waals surface area contributed by atoms with Crippen molar-refractivity contribution in [2.75, 3.05) is 11.9 Å². The van der Waals surface area contributed by atoms with Crippen molar-refractivity contribution in [1.29, 1.82) is 0 Å². The Kier molecular flexibility index (Phi) is 6.86. The number of hydrogen-bond acceptors (Lipinski definition) is 4. The summed E-state index contributed by atoms with van der Waals surface area (Å²) in [7, 11) is 0. The molecule has 0 bridgehead atoms. The van der Waals surface area contributed by atoms with Crippen molar-refractivity contribution in [3.05, 3.63) is 59.7 Å². The molecule has 136 valence electrons. The molecule has 26 heavy (non-hydrogen) atoms. The van der Waals surface area contributed by atoms with Gasteiger partial charge in [-0.3, -0.25) is 14.9 Å². The summed E-state index contributed by atoms with van der Waals surface area (Å²) >= 11 is 5.16. The molecule has 5 nitrogen and oxygen atoms in total. The first kappa shape index (κ1) is 19.6. The number of thiocarbonyl (C=S) groups is 1. The Morgan fingerprint density at radius 1 is 1.00 bits per heavy atom. The number of amides is 1. The van der Waals surface area contributed by atoms with E-state index < -0.39 is 0 Å². The maximum absolute atomic E-state index is 12.2. The highest BCUT2D eigenvalue weighted by Crippen LogP contribution is 2.14. The van der Waals surface area contributed by atoms with Gasteiger partial charge in [-0.25, -0.2) is 0 Å². The Balaban J connectivity index is 1.90. The highest BCUT2D eigenvalue weighted by atomic mass is 32.1. The highest BCUT2D eigenvalue weighted by molar-refractivity contribution is 7.80. The topological polar surface area (TPSA) is 67.4 Å². The molecule has 0 saturated heterocycles. The molecule has 0 atom stereocenters. The van der Waals surface area contributed by atoms with E-state index in [2.05, 4.69) is 24.5 Å². The molecular weight excluding hydrogens is 348 g/mol. The summed E-state index contributed by atoms with van der Waals surface area (Å²) in [5.41, 5.74) is 1.79. The molecule has 2 N–H and O–H groups in total. The van der Waals surface area contributed by atoms with Gasteiger partial charge in [0, 0.05) is 16.8 Å². The number of anilines is 1. The summed E-state index contributed by atoms with van der Waals surface area (Å²) in [6.07, 6.45) is 0. The van der Waals surface area contributed by atoms with Gasteiger partial charge in [-0.2, -0.15) is 0 Å². The lowest BCUT2D eigenvalue weighted by atomic mass is 10.1. The van der Waals surface area contributed by atoms with Gasteiger partial charge in [-0.15, -0.1) is 0 Å². The predicted octanol–water partition coefficient (Wildman–Crippen LogP) is 4.05. The van der Waals surface area contributed by atoms with E-state index in [-0.39, 0.29) is 16.8 Å². The number of nitrogens with one attached hydrogen (secondary N) is 2. The van der Waals surface area contributed by atoms with Crippen LogP contribution in [0.4, 0.5) is 5.69 Å². The number of ketones is 1. The largest absolute Gasteiger partial charge is 0.493 e. The Hall–Kier alpha value is -2.73. The zero-order chi connectivity index (χ0) is 19.1. The number of Topliss-reactive ketones (excluding diaryl/α,β-unsaturated/α-hetero) is 1. The van der Waals surface area contributed by atoms with Crippen molar-refractivity contribution in [3.8, 4) is 5.75 Å². The van der Waals surface area contributed by atoms with Crippen molar-refractivity contribution in [2.45, 2.75) is 20.8 Å². The molecule has 0 radical (unpaired) electrons. The fourth-order valence-electron chi connectivity index (χ4n) is 2.09. The van der Waals surface area contributed by atoms with E-state index >= 15 is 0 Å². The summed E-state index contributed by atoms with van der Waals surface area (Å²) in [6, 6.07) is 13.8. The molecule has 0 aliphatic heterocycles. The fraction of sp³-hybridized carbons (Fsp3) is 0.250. The van der Waals surface area contributed by atoms with Crippen molar-refractivity contribution < 1.29 is 14.3 Å². The lowest BCUT2D eigenvalue weighted by Crippen LogP contribution is -2.34. The third-order valence-corrected chi connectivity index (χ3v) is 3.68. The number of carbonyl (C=O) groups excluding carboxylic acids is 2. The quantitative estimate of drug-likeness (QED) is 0.593. The Morgan fingerprint density at radius 2 is 1.58 bits per heavy atom. The van der Waals surface area contributed by atoms with Gasteiger partial charge in [0.2, 0.25) is 0 Å². The summed E-state index contributed by atoms with van der Waals surface area (Å²) in [4.78, 5) is 23.5. The molecule has 6 heteroatoms. The third-order valence-electron chi connectivity index (χ3n) is 3.48. The monoisotopic (exact) mass is 370 g/mol. The number of hydrogen-bond donors (Lipinski definition) is 2. The minimum Gasteiger partial charge on any atom is -0.493 e. The van der Waals surface area contributed by atoms with Crippen molar-refractivity contribution in [1.82, 2.24) is 5.32 Å². The molecule has 2 rings (SSSR count). The van der Waals surface area contributed by atoms with Gasteiger partial charge >= 0.3 is 0 Å². The van der Waals surface area contributed by atoms with E-state index in [0.29, 0.717) is 29.3 Å². The zero-order valence-electron chi connectivity index (χ0n) is 15.0. The molecule has 0 fully saturated rings. The minimum atomic E-state index is -0.307. The Labute approximate surface area is 158 Å². The number of ether oxygens (including phenoxy) is 1. The van der Waals surface area contributed by atoms with E-state index in [9.17, 15) is 9.59 Å². The smallest absolute Gasteiger partial charge is 0.257 e. The van der Waals surface area contributed by atoms with Gasteiger partial charge in [0.15, 0.2) is 10.9 Å². The molecule has 0 heterocycles. The van der Waals surface area contributed by atoms with E-state index in [0.717, 1.165) is 5.75 Å². The van der Waals surface area contributed by atoms with Gasteiger partial charge in [0.25, 0.3) is 5.91 Å². The zero-order valence-corrected chi connectivity index (χ0v) is 15.9. The second kappa shape index (κ2) is 9.10. The second-order valence-electron chi connectivity index (χ2n) is 6.27. The highest BCUT2D eigenvalue weighted by Gasteiger charge is 2.09. The van der Waals surface area contributed by atoms with Crippen molar-refractivity contribution >= 4 is 34.7 Å². The van der Waals surface area contributed by atoms with Crippen LogP contribution in [0.2, 0.25) is 0 Å². The lowest BCUT2D eigenvalue weighted by molar-refractivity contribution is 0.0976. The van der Waals surface area contributed by atoms with E-state index in [1.807, 2.05) is 0 Å². The molecule has 2 aromatic carbocycles. The maximum atomic E-state index is 12.2. The summed E-state index contributed by atoms with van der Waals surface area (Å²) < 4.78 is 5.59. The van der Waals surface area contributed by atoms with Crippen LogP contribution in [0, 0.1) is 5.92 Å². The van der Waals surface area contributed by atoms with E-state index in [4.69, 9.17) is 17.0 Å². The van der Waals surface area contributed by atoms with Gasteiger partial charge in [-0.05, 0) is 73.6 Å². The first-order valence-corrected chi connectivity index (χ1v) is 8.72. The molecule has 0 saturated carbocycles. The molecule has 1 amide bonds. The summed E-state index contributed by atoms with van der Waals surface area (Å²) in [6.45, 7) is 6.28. The number of rotatable bonds is 6. The van der Waals surface area contributed by atoms with Crippen LogP contribution >= 0.6 is 12.2 Å². The van der Waals surface area contributed by atoms with E-state index in [1.54, 1.807) is 48.5 Å². The minimum absolute atomic E-state index is 0.00625. The molecule has 0 aromatic heterocycles. The lowest BCUT2D eigenvalue weighted by Gasteiger charge is -2.11. The van der Waals surface area contributed by atoms with E-state index in [1.165, 1.54) is 6.92 Å². The van der Waals surface area contributed by atoms with Gasteiger partial charge in [0.1, 0.15) is 5.75 Å². The van der Waals surface area contributed by atoms with Gasteiger partial charge in [0.05, 0.1) is 6.61 Å². The predicted molar refractivity (Wildman–Crippen MR) is 107 cm³/mol. The fourth-order valence-corrected chi connectivity index (χ4v) is 2.30. The number of benzene rings is 2. The normalized spacial score (nSPS) is 10.3. The molecule has 0 unspecified atom stereocenters. The van der Waals surface area contributed by atoms with Crippen LogP contribution in [0.3, 0.4) is 0 Å². The van der Waals surface area contributed by atoms with Crippen molar-refractivity contribution in [3.63, 3.8) is 0 Å². The maximum Gasteiger partial charge on any atom is 0.257 e. The molecule has 0 spiro atoms. The van der Waals surface area contributed by atoms with Gasteiger partial charge < -0.3 is 10.1 Å². The SMILES string of the molecule is CC(=O)c1ccc(NC(=S)NC(=O)c2ccc(OCC(C)C)cc2)cc1.